The Morgan fingerprint density at radius 2 is 1.69 bits per heavy atom. The molecule has 2 aliphatic heterocycles. The van der Waals surface area contributed by atoms with Crippen LogP contribution in [0.3, 0.4) is 0 Å². The van der Waals surface area contributed by atoms with Crippen molar-refractivity contribution in [3.63, 3.8) is 0 Å². The van der Waals surface area contributed by atoms with Gasteiger partial charge in [0.05, 0.1) is 6.54 Å². The van der Waals surface area contributed by atoms with E-state index < -0.39 is 5.41 Å². The molecule has 1 aliphatic carbocycles. The van der Waals surface area contributed by atoms with Crippen LogP contribution in [0.4, 0.5) is 11.4 Å². The minimum absolute atomic E-state index is 0.0362. The maximum Gasteiger partial charge on any atom is 0.247 e. The molecule has 1 atom stereocenters. The van der Waals surface area contributed by atoms with Crippen molar-refractivity contribution >= 4 is 34.7 Å². The van der Waals surface area contributed by atoms with Gasteiger partial charge in [-0.3, -0.25) is 9.59 Å². The number of anilines is 2. The maximum absolute atomic E-state index is 14.5. The Morgan fingerprint density at radius 3 is 2.53 bits per heavy atom. The van der Waals surface area contributed by atoms with Gasteiger partial charge in [-0.05, 0) is 42.7 Å². The Balaban J connectivity index is 1.65. The molecule has 0 fully saturated rings. The predicted octanol–water partition coefficient (Wildman–Crippen LogP) is 5.61. The molecule has 32 heavy (non-hydrogen) atoms. The van der Waals surface area contributed by atoms with Crippen LogP contribution in [0.25, 0.3) is 0 Å². The molecule has 0 bridgehead atoms. The van der Waals surface area contributed by atoms with Crippen molar-refractivity contribution in [2.45, 2.75) is 31.2 Å². The van der Waals surface area contributed by atoms with Crippen molar-refractivity contribution in [2.75, 3.05) is 10.2 Å². The summed E-state index contributed by atoms with van der Waals surface area (Å²) in [7, 11) is 0. The fraction of sp³-hybridized carbons (Fsp3) is 0.185. The topological polar surface area (TPSA) is 49.4 Å². The van der Waals surface area contributed by atoms with Gasteiger partial charge in [0.25, 0.3) is 0 Å². The molecule has 3 aromatic rings. The minimum Gasteiger partial charge on any atom is -0.358 e. The number of nitrogens with zero attached hydrogens (tertiary/aromatic N) is 1. The van der Waals surface area contributed by atoms with Crippen molar-refractivity contribution in [3.05, 3.63) is 106 Å². The van der Waals surface area contributed by atoms with E-state index in [-0.39, 0.29) is 11.7 Å². The number of para-hydroxylation sites is 1. The van der Waals surface area contributed by atoms with Crippen LogP contribution in [0.15, 0.2) is 84.1 Å². The zero-order valence-electron chi connectivity index (χ0n) is 17.4. The average Bonchev–Trinajstić information content (AvgIpc) is 3.04. The first kappa shape index (κ1) is 19.3. The largest absolute Gasteiger partial charge is 0.358 e. The quantitative estimate of drug-likeness (QED) is 0.563. The van der Waals surface area contributed by atoms with Crippen LogP contribution in [-0.4, -0.2) is 11.7 Å². The number of hydrogen-bond acceptors (Lipinski definition) is 3. The molecule has 0 aromatic heterocycles. The zero-order chi connectivity index (χ0) is 21.9. The molecule has 1 unspecified atom stereocenters. The van der Waals surface area contributed by atoms with Crippen LogP contribution in [0.2, 0.25) is 5.02 Å². The van der Waals surface area contributed by atoms with Gasteiger partial charge in [-0.25, -0.2) is 0 Å². The smallest absolute Gasteiger partial charge is 0.247 e. The number of Topliss-reactive ketones (excluding diaryl/α,β-unsaturated/α-hetero) is 1. The Bertz CT molecular complexity index is 1310. The number of fused-ring (bicyclic) bond motifs is 5. The summed E-state index contributed by atoms with van der Waals surface area (Å²) in [6.07, 6.45) is 1.98. The van der Waals surface area contributed by atoms with Crippen molar-refractivity contribution in [1.29, 1.82) is 0 Å². The first-order chi connectivity index (χ1) is 15.6. The number of hydrogen-bond donors (Lipinski definition) is 1. The molecule has 0 saturated heterocycles. The van der Waals surface area contributed by atoms with Crippen molar-refractivity contribution in [1.82, 2.24) is 0 Å². The van der Waals surface area contributed by atoms with Gasteiger partial charge < -0.3 is 10.2 Å². The summed E-state index contributed by atoms with van der Waals surface area (Å²) in [5, 5.41) is 4.00. The minimum atomic E-state index is -1.18. The predicted molar refractivity (Wildman–Crippen MR) is 126 cm³/mol. The SMILES string of the molecule is O=C1CCCC2=C1C1(C(=O)N(Cc3ccccc3)c3ccccc31)c1cc(Cl)ccc1N2. The second-order valence-corrected chi connectivity index (χ2v) is 9.03. The highest BCUT2D eigenvalue weighted by Crippen LogP contribution is 2.57. The molecule has 1 N–H and O–H groups in total. The van der Waals surface area contributed by atoms with E-state index >= 15 is 0 Å². The number of amides is 1. The molecule has 158 valence electrons. The third-order valence-corrected chi connectivity index (χ3v) is 7.04. The van der Waals surface area contributed by atoms with Gasteiger partial charge in [0, 0.05) is 45.2 Å². The van der Waals surface area contributed by atoms with Gasteiger partial charge in [-0.1, -0.05) is 60.1 Å². The monoisotopic (exact) mass is 440 g/mol. The molecule has 5 heteroatoms. The Labute approximate surface area is 191 Å². The molecule has 6 rings (SSSR count). The van der Waals surface area contributed by atoms with Crippen LogP contribution in [0.1, 0.15) is 36.0 Å². The summed E-state index contributed by atoms with van der Waals surface area (Å²) in [6.45, 7) is 0.443. The third-order valence-electron chi connectivity index (χ3n) is 6.81. The summed E-state index contributed by atoms with van der Waals surface area (Å²) in [6, 6.07) is 23.4. The molecule has 1 amide bonds. The first-order valence-electron chi connectivity index (χ1n) is 10.9. The second kappa shape index (κ2) is 7.07. The van der Waals surface area contributed by atoms with Gasteiger partial charge in [0.1, 0.15) is 5.41 Å². The summed E-state index contributed by atoms with van der Waals surface area (Å²) in [5.74, 6) is -0.0515. The Kier molecular flexibility index (Phi) is 4.27. The molecular weight excluding hydrogens is 420 g/mol. The number of halogens is 1. The van der Waals surface area contributed by atoms with Crippen LogP contribution < -0.4 is 10.2 Å². The number of ketones is 1. The number of carbonyl (C=O) groups is 2. The normalized spacial score (nSPS) is 21.3. The van der Waals surface area contributed by atoms with Crippen LogP contribution in [0.5, 0.6) is 0 Å². The molecule has 3 aliphatic rings. The highest BCUT2D eigenvalue weighted by atomic mass is 35.5. The van der Waals surface area contributed by atoms with E-state index in [1.54, 1.807) is 0 Å². The summed E-state index contributed by atoms with van der Waals surface area (Å²) in [4.78, 5) is 29.7. The fourth-order valence-corrected chi connectivity index (χ4v) is 5.69. The maximum atomic E-state index is 14.5. The highest BCUT2D eigenvalue weighted by molar-refractivity contribution is 6.31. The van der Waals surface area contributed by atoms with Crippen molar-refractivity contribution in [3.8, 4) is 0 Å². The van der Waals surface area contributed by atoms with Gasteiger partial charge in [-0.15, -0.1) is 0 Å². The standard InChI is InChI=1S/C27H21ClN2O2/c28-18-13-14-21-20(15-18)27(25-22(29-21)10-6-12-24(25)31)19-9-4-5-11-23(19)30(26(27)32)16-17-7-2-1-3-8-17/h1-5,7-9,11,13-15,29H,6,10,12,16H2. The molecule has 3 aromatic carbocycles. The second-order valence-electron chi connectivity index (χ2n) is 8.59. The summed E-state index contributed by atoms with van der Waals surface area (Å²) in [5.41, 5.74) is 4.61. The molecule has 0 saturated carbocycles. The van der Waals surface area contributed by atoms with E-state index in [9.17, 15) is 9.59 Å². The van der Waals surface area contributed by atoms with Crippen LogP contribution in [-0.2, 0) is 21.5 Å². The van der Waals surface area contributed by atoms with Crippen molar-refractivity contribution < 1.29 is 9.59 Å². The number of allylic oxidation sites excluding steroid dienone is 1. The number of carbonyl (C=O) groups excluding carboxylic acids is 2. The fourth-order valence-electron chi connectivity index (χ4n) is 5.52. The molecule has 2 heterocycles. The van der Waals surface area contributed by atoms with Gasteiger partial charge in [0.15, 0.2) is 5.78 Å². The van der Waals surface area contributed by atoms with Gasteiger partial charge >= 0.3 is 0 Å². The Hall–Kier alpha value is -3.37. The van der Waals surface area contributed by atoms with Crippen LogP contribution in [0, 0.1) is 0 Å². The lowest BCUT2D eigenvalue weighted by atomic mass is 9.64. The van der Waals surface area contributed by atoms with Crippen LogP contribution >= 0.6 is 11.6 Å². The van der Waals surface area contributed by atoms with E-state index in [0.29, 0.717) is 23.6 Å². The van der Waals surface area contributed by atoms with E-state index in [0.717, 1.165) is 46.6 Å². The Morgan fingerprint density at radius 1 is 0.906 bits per heavy atom. The lowest BCUT2D eigenvalue weighted by Gasteiger charge is -2.40. The van der Waals surface area contributed by atoms with Crippen molar-refractivity contribution in [2.24, 2.45) is 0 Å². The first-order valence-corrected chi connectivity index (χ1v) is 11.3. The molecule has 0 radical (unpaired) electrons. The van der Waals surface area contributed by atoms with E-state index in [1.165, 1.54) is 0 Å². The highest BCUT2D eigenvalue weighted by Gasteiger charge is 2.59. The number of rotatable bonds is 2. The molecule has 4 nitrogen and oxygen atoms in total. The van der Waals surface area contributed by atoms with Gasteiger partial charge in [0.2, 0.25) is 5.91 Å². The summed E-state index contributed by atoms with van der Waals surface area (Å²) >= 11 is 6.44. The number of nitrogens with one attached hydrogen (secondary N) is 1. The molecular formula is C27H21ClN2O2. The van der Waals surface area contributed by atoms with E-state index in [2.05, 4.69) is 5.32 Å². The summed E-state index contributed by atoms with van der Waals surface area (Å²) < 4.78 is 0. The van der Waals surface area contributed by atoms with E-state index in [4.69, 9.17) is 11.6 Å². The molecule has 1 spiro atoms. The lowest BCUT2D eigenvalue weighted by Crippen LogP contribution is -2.48. The number of benzene rings is 3. The average molecular weight is 441 g/mol. The third kappa shape index (κ3) is 2.56. The van der Waals surface area contributed by atoms with E-state index in [1.807, 2.05) is 77.7 Å². The van der Waals surface area contributed by atoms with Gasteiger partial charge in [-0.2, -0.15) is 0 Å². The lowest BCUT2D eigenvalue weighted by molar-refractivity contribution is -0.124. The zero-order valence-corrected chi connectivity index (χ0v) is 18.2.